The molecule has 0 aliphatic carbocycles. The van der Waals surface area contributed by atoms with Gasteiger partial charge in [0.2, 0.25) is 5.91 Å². The van der Waals surface area contributed by atoms with Crippen LogP contribution in [0.15, 0.2) is 6.20 Å². The highest BCUT2D eigenvalue weighted by Gasteiger charge is 2.30. The molecule has 0 unspecified atom stereocenters. The fraction of sp³-hybridized carbons (Fsp3) is 0.891. The van der Waals surface area contributed by atoms with Crippen molar-refractivity contribution in [2.75, 3.05) is 30.0 Å². The molecule has 16 heteroatoms. The summed E-state index contributed by atoms with van der Waals surface area (Å²) in [7, 11) is 0. The van der Waals surface area contributed by atoms with Crippen molar-refractivity contribution >= 4 is 35.4 Å². The fourth-order valence-corrected chi connectivity index (χ4v) is 8.09. The zero-order chi connectivity index (χ0) is 45.6. The summed E-state index contributed by atoms with van der Waals surface area (Å²) >= 11 is 1.29. The Balaban J connectivity index is 2.50. The largest absolute Gasteiger partial charge is 0.462 e. The standard InChI is InChI=1S/C46H87N5O10S/c1-3-5-7-9-11-13-15-17-19-21-23-25-27-29-42(55)60-34-37(61-43(56)30-28-26-24-22-20-18-16-14-12-10-8-6-4-2)35-62-36-38(47)46(59)48-41-32-51(50-49-41)31-39(53)44(57)45(58)40(54)33-52/h32,37-40,44-45,52-54,57-58H,3-31,33-36,47H2,1-2H3,(H,48,59)/t37-,38-,39+,40-,44+,45-/m1/s1. The first-order chi connectivity index (χ1) is 30.0. The van der Waals surface area contributed by atoms with Crippen LogP contribution < -0.4 is 11.1 Å². The minimum absolute atomic E-state index is 0.0310. The highest BCUT2D eigenvalue weighted by atomic mass is 32.2. The van der Waals surface area contributed by atoms with Crippen LogP contribution >= 0.6 is 11.8 Å². The summed E-state index contributed by atoms with van der Waals surface area (Å²) in [5.74, 6) is -0.760. The van der Waals surface area contributed by atoms with Gasteiger partial charge in [0.05, 0.1) is 25.4 Å². The van der Waals surface area contributed by atoms with E-state index >= 15 is 0 Å². The van der Waals surface area contributed by atoms with E-state index in [2.05, 4.69) is 29.5 Å². The van der Waals surface area contributed by atoms with E-state index in [9.17, 15) is 34.8 Å². The van der Waals surface area contributed by atoms with Gasteiger partial charge in [0.15, 0.2) is 5.82 Å². The third-order valence-electron chi connectivity index (χ3n) is 11.1. The van der Waals surface area contributed by atoms with Crippen LogP contribution in [0.2, 0.25) is 0 Å². The molecular formula is C46H87N5O10S. The predicted octanol–water partition coefficient (Wildman–Crippen LogP) is 7.13. The number of nitrogens with zero attached hydrogens (tertiary/aromatic N) is 3. The molecule has 0 aliphatic heterocycles. The molecule has 0 aromatic carbocycles. The van der Waals surface area contributed by atoms with Crippen molar-refractivity contribution in [3.05, 3.63) is 6.20 Å². The monoisotopic (exact) mass is 902 g/mol. The Labute approximate surface area is 377 Å². The van der Waals surface area contributed by atoms with E-state index in [1.807, 2.05) is 0 Å². The van der Waals surface area contributed by atoms with Crippen LogP contribution in [0.1, 0.15) is 194 Å². The first-order valence-electron chi connectivity index (χ1n) is 24.2. The molecule has 1 aromatic heterocycles. The number of nitrogens with two attached hydrogens (primary N) is 1. The van der Waals surface area contributed by atoms with Gasteiger partial charge in [-0.05, 0) is 12.8 Å². The Morgan fingerprint density at radius 2 is 1.10 bits per heavy atom. The number of aliphatic hydroxyl groups excluding tert-OH is 5. The van der Waals surface area contributed by atoms with Crippen molar-refractivity contribution in [2.24, 2.45) is 5.73 Å². The Kier molecular flexibility index (Phi) is 36.3. The number of carbonyl (C=O) groups is 3. The Bertz CT molecular complexity index is 1250. The lowest BCUT2D eigenvalue weighted by Crippen LogP contribution is -2.47. The van der Waals surface area contributed by atoms with Gasteiger partial charge in [-0.15, -0.1) is 5.10 Å². The van der Waals surface area contributed by atoms with E-state index in [1.165, 1.54) is 146 Å². The topological polar surface area (TPSA) is 240 Å². The fourth-order valence-electron chi connectivity index (χ4n) is 7.12. The molecule has 1 rings (SSSR count). The van der Waals surface area contributed by atoms with Crippen molar-refractivity contribution < 1.29 is 49.4 Å². The number of hydrogen-bond donors (Lipinski definition) is 7. The molecule has 0 fully saturated rings. The van der Waals surface area contributed by atoms with Gasteiger partial charge in [-0.25, -0.2) is 4.68 Å². The number of thioether (sulfide) groups is 1. The van der Waals surface area contributed by atoms with E-state index < -0.39 is 49.1 Å². The van der Waals surface area contributed by atoms with E-state index in [0.29, 0.717) is 6.42 Å². The van der Waals surface area contributed by atoms with Crippen molar-refractivity contribution in [3.63, 3.8) is 0 Å². The van der Waals surface area contributed by atoms with E-state index in [0.717, 1.165) is 43.2 Å². The van der Waals surface area contributed by atoms with E-state index in [-0.39, 0.29) is 48.8 Å². The Morgan fingerprint density at radius 1 is 0.661 bits per heavy atom. The maximum absolute atomic E-state index is 12.9. The van der Waals surface area contributed by atoms with Crippen LogP contribution in [0.4, 0.5) is 5.82 Å². The summed E-state index contributed by atoms with van der Waals surface area (Å²) in [6.45, 7) is 3.28. The van der Waals surface area contributed by atoms with Crippen LogP contribution in [0.3, 0.4) is 0 Å². The van der Waals surface area contributed by atoms with Crippen LogP contribution in [-0.2, 0) is 30.4 Å². The lowest BCUT2D eigenvalue weighted by molar-refractivity contribution is -0.157. The summed E-state index contributed by atoms with van der Waals surface area (Å²) in [6, 6.07) is -0.979. The quantitative estimate of drug-likeness (QED) is 0.0255. The molecule has 362 valence electrons. The van der Waals surface area contributed by atoms with Gasteiger partial charge >= 0.3 is 11.9 Å². The number of carbonyl (C=O) groups excluding carboxylic acids is 3. The highest BCUT2D eigenvalue weighted by molar-refractivity contribution is 7.99. The molecule has 6 atom stereocenters. The lowest BCUT2D eigenvalue weighted by atomic mass is 10.0. The normalized spacial score (nSPS) is 14.5. The van der Waals surface area contributed by atoms with E-state index in [1.54, 1.807) is 0 Å². The van der Waals surface area contributed by atoms with Crippen molar-refractivity contribution in [1.29, 1.82) is 0 Å². The number of aromatic nitrogens is 3. The third-order valence-corrected chi connectivity index (χ3v) is 12.3. The van der Waals surface area contributed by atoms with Gasteiger partial charge in [-0.3, -0.25) is 14.4 Å². The van der Waals surface area contributed by atoms with Gasteiger partial charge in [-0.1, -0.05) is 173 Å². The molecule has 0 aliphatic rings. The molecule has 8 N–H and O–H groups in total. The minimum atomic E-state index is -1.79. The van der Waals surface area contributed by atoms with Crippen LogP contribution in [-0.4, -0.2) is 120 Å². The number of anilines is 1. The molecule has 1 aromatic rings. The first kappa shape index (κ1) is 57.7. The highest BCUT2D eigenvalue weighted by Crippen LogP contribution is 2.17. The SMILES string of the molecule is CCCCCCCCCCCCCCCC(=O)OC[C@H](CSC[C@@H](N)C(=O)Nc1cn(C[C@H](O)[C@H](O)[C@H](O)[C@H](O)CO)nn1)OC(=O)CCCCCCCCCCCCCCC. The van der Waals surface area contributed by atoms with Crippen LogP contribution in [0.5, 0.6) is 0 Å². The third kappa shape index (κ3) is 30.7. The van der Waals surface area contributed by atoms with Gasteiger partial charge in [0.1, 0.15) is 37.1 Å². The molecule has 1 amide bonds. The number of ether oxygens (including phenoxy) is 2. The smallest absolute Gasteiger partial charge is 0.306 e. The zero-order valence-corrected chi connectivity index (χ0v) is 39.3. The van der Waals surface area contributed by atoms with Crippen LogP contribution in [0, 0.1) is 0 Å². The maximum Gasteiger partial charge on any atom is 0.306 e. The lowest BCUT2D eigenvalue weighted by Gasteiger charge is -2.25. The molecule has 0 saturated heterocycles. The number of aliphatic hydroxyl groups is 5. The zero-order valence-electron chi connectivity index (χ0n) is 38.5. The molecule has 0 bridgehead atoms. The van der Waals surface area contributed by atoms with Gasteiger partial charge < -0.3 is 46.1 Å². The summed E-state index contributed by atoms with van der Waals surface area (Å²) in [4.78, 5) is 38.3. The van der Waals surface area contributed by atoms with Gasteiger partial charge in [-0.2, -0.15) is 11.8 Å². The van der Waals surface area contributed by atoms with Crippen molar-refractivity contribution in [3.8, 4) is 0 Å². The first-order valence-corrected chi connectivity index (χ1v) is 25.4. The molecule has 15 nitrogen and oxygen atoms in total. The molecule has 0 spiro atoms. The molecule has 62 heavy (non-hydrogen) atoms. The van der Waals surface area contributed by atoms with Gasteiger partial charge in [0, 0.05) is 24.3 Å². The van der Waals surface area contributed by atoms with Gasteiger partial charge in [0.25, 0.3) is 0 Å². The summed E-state index contributed by atoms with van der Waals surface area (Å²) in [5.41, 5.74) is 6.15. The Morgan fingerprint density at radius 3 is 1.56 bits per heavy atom. The number of amides is 1. The second-order valence-electron chi connectivity index (χ2n) is 17.0. The second-order valence-corrected chi connectivity index (χ2v) is 18.1. The Hall–Kier alpha value is -2.34. The molecule has 0 saturated carbocycles. The molecule has 0 radical (unpaired) electrons. The van der Waals surface area contributed by atoms with Crippen molar-refractivity contribution in [1.82, 2.24) is 15.0 Å². The van der Waals surface area contributed by atoms with E-state index in [4.69, 9.17) is 20.3 Å². The average molecular weight is 902 g/mol. The number of esters is 2. The summed E-state index contributed by atoms with van der Waals surface area (Å²) in [5, 5.41) is 58.7. The average Bonchev–Trinajstić information content (AvgIpc) is 3.70. The predicted molar refractivity (Wildman–Crippen MR) is 247 cm³/mol. The summed E-state index contributed by atoms with van der Waals surface area (Å²) in [6.07, 6.45) is 26.0. The number of hydrogen-bond acceptors (Lipinski definition) is 14. The minimum Gasteiger partial charge on any atom is -0.462 e. The molecular weight excluding hydrogens is 815 g/mol. The number of rotatable bonds is 43. The maximum atomic E-state index is 12.9. The molecule has 1 heterocycles. The summed E-state index contributed by atoms with van der Waals surface area (Å²) < 4.78 is 12.5. The second kappa shape index (κ2) is 39.1. The number of unbranched alkanes of at least 4 members (excludes halogenated alkanes) is 24. The van der Waals surface area contributed by atoms with Crippen molar-refractivity contribution in [2.45, 2.75) is 237 Å². The number of nitrogens with one attached hydrogen (secondary N) is 1. The van der Waals surface area contributed by atoms with Crippen LogP contribution in [0.25, 0.3) is 0 Å².